The Morgan fingerprint density at radius 1 is 1.13 bits per heavy atom. The number of anilines is 1. The lowest BCUT2D eigenvalue weighted by Gasteiger charge is -2.20. The monoisotopic (exact) mass is 315 g/mol. The maximum atomic E-state index is 12.2. The van der Waals surface area contributed by atoms with Gasteiger partial charge in [-0.25, -0.2) is 5.43 Å². The molecule has 0 radical (unpaired) electrons. The molecule has 2 amide bonds. The summed E-state index contributed by atoms with van der Waals surface area (Å²) in [6, 6.07) is 6.89. The number of nitrogens with zero attached hydrogens (tertiary/aromatic N) is 1. The quantitative estimate of drug-likeness (QED) is 0.644. The van der Waals surface area contributed by atoms with E-state index < -0.39 is 0 Å². The number of nitrogens with one attached hydrogen (secondary N) is 2. The molecule has 1 aromatic rings. The van der Waals surface area contributed by atoms with Crippen LogP contribution in [0.15, 0.2) is 29.4 Å². The summed E-state index contributed by atoms with van der Waals surface area (Å²) in [5, 5.41) is 6.82. The fourth-order valence-electron chi connectivity index (χ4n) is 2.62. The van der Waals surface area contributed by atoms with Gasteiger partial charge in [0.15, 0.2) is 0 Å². The third kappa shape index (κ3) is 5.51. The molecule has 0 aromatic heterocycles. The molecular weight excluding hydrogens is 290 g/mol. The van der Waals surface area contributed by atoms with Gasteiger partial charge in [-0.1, -0.05) is 33.1 Å². The minimum absolute atomic E-state index is 0.0865. The summed E-state index contributed by atoms with van der Waals surface area (Å²) >= 11 is 0. The topological polar surface area (TPSA) is 70.6 Å². The van der Waals surface area contributed by atoms with Crippen molar-refractivity contribution >= 4 is 23.7 Å². The number of hydrazone groups is 1. The van der Waals surface area contributed by atoms with E-state index in [1.165, 1.54) is 6.42 Å². The SMILES string of the molecule is CC(C)/C=N/NC(=O)c1ccc(NC(=O)C2CCCCC2)cc1. The van der Waals surface area contributed by atoms with E-state index in [-0.39, 0.29) is 23.7 Å². The summed E-state index contributed by atoms with van der Waals surface area (Å²) in [5.41, 5.74) is 3.73. The Bertz CT molecular complexity index is 558. The number of rotatable bonds is 5. The zero-order valence-electron chi connectivity index (χ0n) is 13.8. The lowest BCUT2D eigenvalue weighted by molar-refractivity contribution is -0.120. The second kappa shape index (κ2) is 8.46. The van der Waals surface area contributed by atoms with E-state index in [9.17, 15) is 9.59 Å². The van der Waals surface area contributed by atoms with Crippen molar-refractivity contribution in [1.29, 1.82) is 0 Å². The van der Waals surface area contributed by atoms with Crippen LogP contribution in [0.5, 0.6) is 0 Å². The maximum Gasteiger partial charge on any atom is 0.271 e. The average molecular weight is 315 g/mol. The van der Waals surface area contributed by atoms with Crippen molar-refractivity contribution in [1.82, 2.24) is 5.43 Å². The van der Waals surface area contributed by atoms with Crippen LogP contribution in [0.4, 0.5) is 5.69 Å². The van der Waals surface area contributed by atoms with Crippen molar-refractivity contribution < 1.29 is 9.59 Å². The molecular formula is C18H25N3O2. The van der Waals surface area contributed by atoms with E-state index in [2.05, 4.69) is 15.8 Å². The molecule has 124 valence electrons. The molecule has 1 fully saturated rings. The van der Waals surface area contributed by atoms with Gasteiger partial charge < -0.3 is 5.32 Å². The first kappa shape index (κ1) is 17.2. The van der Waals surface area contributed by atoms with Gasteiger partial charge in [-0.05, 0) is 43.0 Å². The summed E-state index contributed by atoms with van der Waals surface area (Å²) in [5.74, 6) is 0.236. The average Bonchev–Trinajstić information content (AvgIpc) is 2.56. The molecule has 23 heavy (non-hydrogen) atoms. The van der Waals surface area contributed by atoms with E-state index in [0.717, 1.165) is 31.4 Å². The van der Waals surface area contributed by atoms with Crippen molar-refractivity contribution in [2.45, 2.75) is 46.0 Å². The lowest BCUT2D eigenvalue weighted by Crippen LogP contribution is -2.24. The van der Waals surface area contributed by atoms with Crippen LogP contribution in [0.3, 0.4) is 0 Å². The molecule has 0 aliphatic heterocycles. The molecule has 0 unspecified atom stereocenters. The van der Waals surface area contributed by atoms with Crippen molar-refractivity contribution in [3.05, 3.63) is 29.8 Å². The Morgan fingerprint density at radius 3 is 2.39 bits per heavy atom. The summed E-state index contributed by atoms with van der Waals surface area (Å²) in [4.78, 5) is 24.1. The molecule has 2 N–H and O–H groups in total. The van der Waals surface area contributed by atoms with Crippen LogP contribution in [0, 0.1) is 11.8 Å². The smallest absolute Gasteiger partial charge is 0.271 e. The number of carbonyl (C=O) groups is 2. The highest BCUT2D eigenvalue weighted by atomic mass is 16.2. The molecule has 5 nitrogen and oxygen atoms in total. The molecule has 1 saturated carbocycles. The Hall–Kier alpha value is -2.17. The molecule has 2 rings (SSSR count). The number of benzene rings is 1. The third-order valence-electron chi connectivity index (χ3n) is 3.93. The van der Waals surface area contributed by atoms with E-state index >= 15 is 0 Å². The van der Waals surface area contributed by atoms with Crippen LogP contribution in [-0.2, 0) is 4.79 Å². The Labute approximate surface area is 137 Å². The minimum Gasteiger partial charge on any atom is -0.326 e. The van der Waals surface area contributed by atoms with Crippen LogP contribution in [-0.4, -0.2) is 18.0 Å². The van der Waals surface area contributed by atoms with E-state index in [0.29, 0.717) is 5.56 Å². The summed E-state index contributed by atoms with van der Waals surface area (Å²) in [7, 11) is 0. The molecule has 0 atom stereocenters. The Kier molecular flexibility index (Phi) is 6.32. The molecule has 5 heteroatoms. The van der Waals surface area contributed by atoms with E-state index in [4.69, 9.17) is 0 Å². The van der Waals surface area contributed by atoms with Crippen molar-refractivity contribution in [2.24, 2.45) is 16.9 Å². The Balaban J connectivity index is 1.88. The van der Waals surface area contributed by atoms with E-state index in [1.54, 1.807) is 30.5 Å². The predicted octanol–water partition coefficient (Wildman–Crippen LogP) is 3.58. The van der Waals surface area contributed by atoms with Crippen LogP contribution in [0.2, 0.25) is 0 Å². The number of amides is 2. The molecule has 0 heterocycles. The molecule has 1 aromatic carbocycles. The normalized spacial score (nSPS) is 15.8. The standard InChI is InChI=1S/C18H25N3O2/c1-13(2)12-19-21-18(23)15-8-10-16(11-9-15)20-17(22)14-6-4-3-5-7-14/h8-14H,3-7H2,1-2H3,(H,20,22)(H,21,23)/b19-12+. The second-order valence-electron chi connectivity index (χ2n) is 6.36. The van der Waals surface area contributed by atoms with Gasteiger partial charge >= 0.3 is 0 Å². The van der Waals surface area contributed by atoms with Gasteiger partial charge in [-0.3, -0.25) is 9.59 Å². The Morgan fingerprint density at radius 2 is 1.78 bits per heavy atom. The molecule has 1 aliphatic carbocycles. The largest absolute Gasteiger partial charge is 0.326 e. The number of hydrogen-bond donors (Lipinski definition) is 2. The molecule has 0 saturated heterocycles. The first-order valence-corrected chi connectivity index (χ1v) is 8.30. The molecule has 1 aliphatic rings. The van der Waals surface area contributed by atoms with Crippen LogP contribution in [0.1, 0.15) is 56.3 Å². The van der Waals surface area contributed by atoms with Crippen LogP contribution in [0.25, 0.3) is 0 Å². The van der Waals surface area contributed by atoms with E-state index in [1.807, 2.05) is 13.8 Å². The zero-order chi connectivity index (χ0) is 16.7. The number of hydrogen-bond acceptors (Lipinski definition) is 3. The minimum atomic E-state index is -0.257. The van der Waals surface area contributed by atoms with Crippen LogP contribution < -0.4 is 10.7 Å². The highest BCUT2D eigenvalue weighted by Gasteiger charge is 2.21. The predicted molar refractivity (Wildman–Crippen MR) is 92.4 cm³/mol. The fourth-order valence-corrected chi connectivity index (χ4v) is 2.62. The first-order chi connectivity index (χ1) is 11.1. The zero-order valence-corrected chi connectivity index (χ0v) is 13.8. The van der Waals surface area contributed by atoms with Crippen molar-refractivity contribution in [3.63, 3.8) is 0 Å². The van der Waals surface area contributed by atoms with Gasteiger partial charge in [-0.15, -0.1) is 0 Å². The summed E-state index contributed by atoms with van der Waals surface area (Å²) in [6.07, 6.45) is 7.12. The van der Waals surface area contributed by atoms with Gasteiger partial charge in [0, 0.05) is 23.4 Å². The van der Waals surface area contributed by atoms with Crippen molar-refractivity contribution in [3.8, 4) is 0 Å². The number of carbonyl (C=O) groups excluding carboxylic acids is 2. The van der Waals surface area contributed by atoms with Gasteiger partial charge in [0.1, 0.15) is 0 Å². The van der Waals surface area contributed by atoms with Gasteiger partial charge in [0.25, 0.3) is 5.91 Å². The fraction of sp³-hybridized carbons (Fsp3) is 0.500. The molecule has 0 spiro atoms. The van der Waals surface area contributed by atoms with Gasteiger partial charge in [-0.2, -0.15) is 5.10 Å². The summed E-state index contributed by atoms with van der Waals surface area (Å²) < 4.78 is 0. The second-order valence-corrected chi connectivity index (χ2v) is 6.36. The summed E-state index contributed by atoms with van der Waals surface area (Å²) in [6.45, 7) is 3.97. The van der Waals surface area contributed by atoms with Crippen molar-refractivity contribution in [2.75, 3.05) is 5.32 Å². The highest BCUT2D eigenvalue weighted by molar-refractivity contribution is 5.96. The first-order valence-electron chi connectivity index (χ1n) is 8.30. The maximum absolute atomic E-state index is 12.2. The van der Waals surface area contributed by atoms with Gasteiger partial charge in [0.2, 0.25) is 5.91 Å². The third-order valence-corrected chi connectivity index (χ3v) is 3.93. The highest BCUT2D eigenvalue weighted by Crippen LogP contribution is 2.25. The lowest BCUT2D eigenvalue weighted by atomic mass is 9.88. The molecule has 0 bridgehead atoms. The van der Waals surface area contributed by atoms with Crippen LogP contribution >= 0.6 is 0 Å². The van der Waals surface area contributed by atoms with Gasteiger partial charge in [0.05, 0.1) is 0 Å².